The SMILES string of the molecule is CCN(C1CNC1)C(C)C(=O)N1CCCC1. The molecule has 0 aromatic carbocycles. The van der Waals surface area contributed by atoms with Gasteiger partial charge in [0.2, 0.25) is 5.91 Å². The first-order valence-corrected chi connectivity index (χ1v) is 6.49. The Labute approximate surface area is 98.0 Å². The molecular formula is C12H23N3O. The van der Waals surface area contributed by atoms with Gasteiger partial charge in [0.1, 0.15) is 0 Å². The van der Waals surface area contributed by atoms with E-state index in [4.69, 9.17) is 0 Å². The normalized spacial score (nSPS) is 23.6. The topological polar surface area (TPSA) is 35.6 Å². The van der Waals surface area contributed by atoms with Crippen molar-refractivity contribution in [2.75, 3.05) is 32.7 Å². The van der Waals surface area contributed by atoms with Crippen LogP contribution in [0.1, 0.15) is 26.7 Å². The van der Waals surface area contributed by atoms with Crippen LogP contribution in [0.4, 0.5) is 0 Å². The first-order chi connectivity index (χ1) is 7.74. The van der Waals surface area contributed by atoms with Crippen LogP contribution in [0.3, 0.4) is 0 Å². The summed E-state index contributed by atoms with van der Waals surface area (Å²) in [4.78, 5) is 16.6. The number of hydrogen-bond donors (Lipinski definition) is 1. The molecule has 0 radical (unpaired) electrons. The first kappa shape index (κ1) is 11.9. The van der Waals surface area contributed by atoms with Gasteiger partial charge in [-0.2, -0.15) is 0 Å². The summed E-state index contributed by atoms with van der Waals surface area (Å²) in [5, 5.41) is 3.27. The summed E-state index contributed by atoms with van der Waals surface area (Å²) in [6.45, 7) is 9.16. The zero-order valence-electron chi connectivity index (χ0n) is 10.4. The molecule has 0 saturated carbocycles. The van der Waals surface area contributed by atoms with Gasteiger partial charge in [-0.15, -0.1) is 0 Å². The molecule has 2 aliphatic heterocycles. The van der Waals surface area contributed by atoms with E-state index in [2.05, 4.69) is 24.1 Å². The predicted octanol–water partition coefficient (Wildman–Crippen LogP) is 0.291. The Kier molecular flexibility index (Phi) is 3.82. The number of rotatable bonds is 4. The van der Waals surface area contributed by atoms with E-state index in [1.165, 1.54) is 12.8 Å². The van der Waals surface area contributed by atoms with Gasteiger partial charge in [-0.25, -0.2) is 0 Å². The second-order valence-electron chi connectivity index (χ2n) is 4.85. The van der Waals surface area contributed by atoms with Crippen molar-refractivity contribution in [2.45, 2.75) is 38.8 Å². The van der Waals surface area contributed by atoms with Crippen LogP contribution in [0.5, 0.6) is 0 Å². The van der Waals surface area contributed by atoms with Crippen LogP contribution < -0.4 is 5.32 Å². The van der Waals surface area contributed by atoms with E-state index in [0.29, 0.717) is 11.9 Å². The number of nitrogens with zero attached hydrogens (tertiary/aromatic N) is 2. The quantitative estimate of drug-likeness (QED) is 0.747. The summed E-state index contributed by atoms with van der Waals surface area (Å²) < 4.78 is 0. The molecule has 16 heavy (non-hydrogen) atoms. The molecule has 1 atom stereocenters. The van der Waals surface area contributed by atoms with Crippen molar-refractivity contribution < 1.29 is 4.79 Å². The molecular weight excluding hydrogens is 202 g/mol. The van der Waals surface area contributed by atoms with Gasteiger partial charge in [0.15, 0.2) is 0 Å². The summed E-state index contributed by atoms with van der Waals surface area (Å²) in [6, 6.07) is 0.613. The number of amides is 1. The third-order valence-electron chi connectivity index (χ3n) is 3.87. The second-order valence-corrected chi connectivity index (χ2v) is 4.85. The summed E-state index contributed by atoms with van der Waals surface area (Å²) in [5.74, 6) is 0.325. The molecule has 2 saturated heterocycles. The smallest absolute Gasteiger partial charge is 0.239 e. The minimum Gasteiger partial charge on any atom is -0.341 e. The Morgan fingerprint density at radius 1 is 1.44 bits per heavy atom. The lowest BCUT2D eigenvalue weighted by molar-refractivity contribution is -0.136. The van der Waals surface area contributed by atoms with Crippen molar-refractivity contribution in [2.24, 2.45) is 0 Å². The summed E-state index contributed by atoms with van der Waals surface area (Å²) in [6.07, 6.45) is 2.35. The fourth-order valence-corrected chi connectivity index (χ4v) is 2.70. The van der Waals surface area contributed by atoms with Gasteiger partial charge in [0.25, 0.3) is 0 Å². The number of likely N-dealkylation sites (tertiary alicyclic amines) is 1. The average Bonchev–Trinajstić information content (AvgIpc) is 2.74. The van der Waals surface area contributed by atoms with Crippen molar-refractivity contribution in [1.29, 1.82) is 0 Å². The molecule has 2 fully saturated rings. The number of carbonyl (C=O) groups excluding carboxylic acids is 1. The molecule has 2 heterocycles. The van der Waals surface area contributed by atoms with E-state index in [0.717, 1.165) is 32.7 Å². The van der Waals surface area contributed by atoms with Crippen molar-refractivity contribution in [3.8, 4) is 0 Å². The lowest BCUT2D eigenvalue weighted by atomic mass is 10.1. The third kappa shape index (κ3) is 2.23. The Morgan fingerprint density at radius 2 is 2.06 bits per heavy atom. The average molecular weight is 225 g/mol. The highest BCUT2D eigenvalue weighted by molar-refractivity contribution is 5.81. The lowest BCUT2D eigenvalue weighted by Gasteiger charge is -2.41. The van der Waals surface area contributed by atoms with Crippen LogP contribution in [0, 0.1) is 0 Å². The number of likely N-dealkylation sites (N-methyl/N-ethyl adjacent to an activating group) is 1. The zero-order chi connectivity index (χ0) is 11.5. The molecule has 0 spiro atoms. The lowest BCUT2D eigenvalue weighted by Crippen LogP contribution is -2.61. The van der Waals surface area contributed by atoms with E-state index >= 15 is 0 Å². The Bertz CT molecular complexity index is 247. The zero-order valence-corrected chi connectivity index (χ0v) is 10.4. The van der Waals surface area contributed by atoms with E-state index < -0.39 is 0 Å². The highest BCUT2D eigenvalue weighted by atomic mass is 16.2. The minimum absolute atomic E-state index is 0.0511. The van der Waals surface area contributed by atoms with Gasteiger partial charge in [-0.1, -0.05) is 6.92 Å². The fraction of sp³-hybridized carbons (Fsp3) is 0.917. The van der Waals surface area contributed by atoms with Crippen molar-refractivity contribution in [1.82, 2.24) is 15.1 Å². The van der Waals surface area contributed by atoms with Crippen LogP contribution in [0.15, 0.2) is 0 Å². The molecule has 4 heteroatoms. The molecule has 0 aromatic heterocycles. The molecule has 1 unspecified atom stereocenters. The molecule has 2 aliphatic rings. The maximum atomic E-state index is 12.3. The molecule has 92 valence electrons. The van der Waals surface area contributed by atoms with Crippen molar-refractivity contribution >= 4 is 5.91 Å². The largest absolute Gasteiger partial charge is 0.341 e. The molecule has 0 aromatic rings. The highest BCUT2D eigenvalue weighted by Crippen LogP contribution is 2.15. The van der Waals surface area contributed by atoms with Gasteiger partial charge in [-0.05, 0) is 26.3 Å². The molecule has 0 aliphatic carbocycles. The molecule has 1 amide bonds. The van der Waals surface area contributed by atoms with Gasteiger partial charge < -0.3 is 10.2 Å². The van der Waals surface area contributed by atoms with E-state index in [9.17, 15) is 4.79 Å². The van der Waals surface area contributed by atoms with Crippen molar-refractivity contribution in [3.63, 3.8) is 0 Å². The van der Waals surface area contributed by atoms with Gasteiger partial charge in [0, 0.05) is 32.2 Å². The second kappa shape index (κ2) is 5.15. The van der Waals surface area contributed by atoms with Gasteiger partial charge in [-0.3, -0.25) is 9.69 Å². The van der Waals surface area contributed by atoms with Crippen LogP contribution in [0.25, 0.3) is 0 Å². The molecule has 2 rings (SSSR count). The minimum atomic E-state index is 0.0511. The first-order valence-electron chi connectivity index (χ1n) is 6.49. The van der Waals surface area contributed by atoms with Crippen LogP contribution >= 0.6 is 0 Å². The standard InChI is InChI=1S/C12H23N3O/c1-3-15(11-8-13-9-11)10(2)12(16)14-6-4-5-7-14/h10-11,13H,3-9H2,1-2H3. The summed E-state index contributed by atoms with van der Waals surface area (Å²) >= 11 is 0. The number of nitrogens with one attached hydrogen (secondary N) is 1. The van der Waals surface area contributed by atoms with E-state index in [1.807, 2.05) is 4.90 Å². The third-order valence-corrected chi connectivity index (χ3v) is 3.87. The fourth-order valence-electron chi connectivity index (χ4n) is 2.70. The van der Waals surface area contributed by atoms with E-state index in [1.54, 1.807) is 0 Å². The van der Waals surface area contributed by atoms with Crippen LogP contribution in [-0.4, -0.2) is 60.5 Å². The summed E-state index contributed by atoms with van der Waals surface area (Å²) in [5.41, 5.74) is 0. The Balaban J connectivity index is 1.92. The molecule has 1 N–H and O–H groups in total. The monoisotopic (exact) mass is 225 g/mol. The maximum Gasteiger partial charge on any atom is 0.239 e. The van der Waals surface area contributed by atoms with E-state index in [-0.39, 0.29) is 6.04 Å². The van der Waals surface area contributed by atoms with Gasteiger partial charge >= 0.3 is 0 Å². The highest BCUT2D eigenvalue weighted by Gasteiger charge is 2.33. The summed E-state index contributed by atoms with van der Waals surface area (Å²) in [7, 11) is 0. The number of carbonyl (C=O) groups is 1. The Morgan fingerprint density at radius 3 is 2.50 bits per heavy atom. The van der Waals surface area contributed by atoms with Crippen molar-refractivity contribution in [3.05, 3.63) is 0 Å². The van der Waals surface area contributed by atoms with Crippen LogP contribution in [0.2, 0.25) is 0 Å². The molecule has 0 bridgehead atoms. The molecule has 4 nitrogen and oxygen atoms in total. The van der Waals surface area contributed by atoms with Gasteiger partial charge in [0.05, 0.1) is 6.04 Å². The maximum absolute atomic E-state index is 12.3. The predicted molar refractivity (Wildman–Crippen MR) is 64.3 cm³/mol. The Hall–Kier alpha value is -0.610. The van der Waals surface area contributed by atoms with Crippen LogP contribution in [-0.2, 0) is 4.79 Å². The number of hydrogen-bond acceptors (Lipinski definition) is 3.